The van der Waals surface area contributed by atoms with Crippen molar-refractivity contribution in [1.82, 2.24) is 4.72 Å². The number of aliphatic hydroxyl groups is 1. The van der Waals surface area contributed by atoms with Crippen molar-refractivity contribution in [2.45, 2.75) is 17.9 Å². The molecule has 0 spiro atoms. The molecule has 90 valence electrons. The molecule has 1 atom stereocenters. The Morgan fingerprint density at radius 3 is 2.62 bits per heavy atom. The fraction of sp³-hybridized carbons (Fsp3) is 0.400. The summed E-state index contributed by atoms with van der Waals surface area (Å²) in [5, 5.41) is 8.81. The van der Waals surface area contributed by atoms with Gasteiger partial charge < -0.3 is 9.84 Å². The molecule has 0 bridgehead atoms. The van der Waals surface area contributed by atoms with Gasteiger partial charge in [0.15, 0.2) is 0 Å². The summed E-state index contributed by atoms with van der Waals surface area (Å²) in [5.41, 5.74) is 0. The van der Waals surface area contributed by atoms with Crippen LogP contribution in [0.15, 0.2) is 29.2 Å². The normalized spacial score (nSPS) is 13.4. The van der Waals surface area contributed by atoms with E-state index in [1.807, 2.05) is 0 Å². The van der Waals surface area contributed by atoms with Crippen molar-refractivity contribution in [3.8, 4) is 5.75 Å². The van der Waals surface area contributed by atoms with Gasteiger partial charge in [-0.3, -0.25) is 0 Å². The maximum Gasteiger partial charge on any atom is 0.244 e. The van der Waals surface area contributed by atoms with Gasteiger partial charge in [-0.2, -0.15) is 0 Å². The van der Waals surface area contributed by atoms with Crippen LogP contribution in [0.3, 0.4) is 0 Å². The second kappa shape index (κ2) is 5.29. The highest BCUT2D eigenvalue weighted by Crippen LogP contribution is 2.22. The van der Waals surface area contributed by atoms with Crippen LogP contribution in [0.4, 0.5) is 0 Å². The van der Waals surface area contributed by atoms with Gasteiger partial charge >= 0.3 is 0 Å². The maximum absolute atomic E-state index is 11.9. The molecular formula is C10H15NO4S. The number of benzene rings is 1. The predicted molar refractivity (Wildman–Crippen MR) is 59.9 cm³/mol. The summed E-state index contributed by atoms with van der Waals surface area (Å²) < 4.78 is 31.1. The molecule has 0 saturated carbocycles. The van der Waals surface area contributed by atoms with Crippen molar-refractivity contribution in [3.63, 3.8) is 0 Å². The van der Waals surface area contributed by atoms with Gasteiger partial charge in [-0.25, -0.2) is 13.1 Å². The average Bonchev–Trinajstić information content (AvgIpc) is 2.28. The lowest BCUT2D eigenvalue weighted by molar-refractivity contribution is 0.265. The molecule has 0 aromatic heterocycles. The van der Waals surface area contributed by atoms with Crippen LogP contribution in [-0.4, -0.2) is 33.3 Å². The summed E-state index contributed by atoms with van der Waals surface area (Å²) in [7, 11) is -2.24. The van der Waals surface area contributed by atoms with Gasteiger partial charge in [-0.15, -0.1) is 0 Å². The third-order valence-corrected chi connectivity index (χ3v) is 3.62. The highest BCUT2D eigenvalue weighted by molar-refractivity contribution is 7.89. The van der Waals surface area contributed by atoms with Crippen molar-refractivity contribution in [3.05, 3.63) is 24.3 Å². The molecule has 0 aliphatic rings. The van der Waals surface area contributed by atoms with E-state index in [4.69, 9.17) is 9.84 Å². The molecule has 1 rings (SSSR count). The first-order valence-corrected chi connectivity index (χ1v) is 6.25. The summed E-state index contributed by atoms with van der Waals surface area (Å²) in [6.07, 6.45) is 0. The van der Waals surface area contributed by atoms with Crippen LogP contribution in [0.5, 0.6) is 5.75 Å². The fourth-order valence-electron chi connectivity index (χ4n) is 1.21. The standard InChI is InChI=1S/C10H15NO4S/c1-8(7-12)11-16(13,14)10-6-4-3-5-9(10)15-2/h3-6,8,11-12H,7H2,1-2H3. The number of hydrogen-bond acceptors (Lipinski definition) is 4. The minimum atomic E-state index is -3.65. The number of sulfonamides is 1. The van der Waals surface area contributed by atoms with Gasteiger partial charge in [0.1, 0.15) is 10.6 Å². The number of ether oxygens (including phenoxy) is 1. The van der Waals surface area contributed by atoms with Crippen molar-refractivity contribution < 1.29 is 18.3 Å². The van der Waals surface area contributed by atoms with Gasteiger partial charge in [0.25, 0.3) is 0 Å². The Bertz CT molecular complexity index is 444. The molecule has 0 heterocycles. The summed E-state index contributed by atoms with van der Waals surface area (Å²) in [6, 6.07) is 5.78. The van der Waals surface area contributed by atoms with E-state index in [1.165, 1.54) is 13.2 Å². The Morgan fingerprint density at radius 1 is 1.44 bits per heavy atom. The van der Waals surface area contributed by atoms with Crippen molar-refractivity contribution >= 4 is 10.0 Å². The number of methoxy groups -OCH3 is 1. The Kier molecular flexibility index (Phi) is 4.28. The van der Waals surface area contributed by atoms with Gasteiger partial charge in [-0.05, 0) is 19.1 Å². The molecule has 1 unspecified atom stereocenters. The number of aliphatic hydroxyl groups excluding tert-OH is 1. The van der Waals surface area contributed by atoms with E-state index >= 15 is 0 Å². The first-order chi connectivity index (χ1) is 7.51. The van der Waals surface area contributed by atoms with Gasteiger partial charge in [-0.1, -0.05) is 12.1 Å². The number of rotatable bonds is 5. The zero-order valence-corrected chi connectivity index (χ0v) is 9.99. The second-order valence-corrected chi connectivity index (χ2v) is 5.04. The van der Waals surface area contributed by atoms with Crippen LogP contribution in [0.1, 0.15) is 6.92 Å². The Hall–Kier alpha value is -1.11. The smallest absolute Gasteiger partial charge is 0.244 e. The van der Waals surface area contributed by atoms with Gasteiger partial charge in [0.05, 0.1) is 13.7 Å². The second-order valence-electron chi connectivity index (χ2n) is 3.36. The first kappa shape index (κ1) is 13.0. The van der Waals surface area contributed by atoms with E-state index < -0.39 is 16.1 Å². The molecule has 6 heteroatoms. The SMILES string of the molecule is COc1ccccc1S(=O)(=O)NC(C)CO. The summed E-state index contributed by atoms with van der Waals surface area (Å²) in [5.74, 6) is 0.278. The number of nitrogens with one attached hydrogen (secondary N) is 1. The Balaban J connectivity index is 3.07. The lowest BCUT2D eigenvalue weighted by Crippen LogP contribution is -2.35. The minimum absolute atomic E-state index is 0.0674. The van der Waals surface area contributed by atoms with E-state index in [1.54, 1.807) is 25.1 Å². The van der Waals surface area contributed by atoms with Crippen LogP contribution < -0.4 is 9.46 Å². The molecular weight excluding hydrogens is 230 g/mol. The highest BCUT2D eigenvalue weighted by Gasteiger charge is 2.20. The van der Waals surface area contributed by atoms with E-state index in [2.05, 4.69) is 4.72 Å². The van der Waals surface area contributed by atoms with E-state index in [-0.39, 0.29) is 17.3 Å². The molecule has 0 radical (unpaired) electrons. The maximum atomic E-state index is 11.9. The highest BCUT2D eigenvalue weighted by atomic mass is 32.2. The summed E-state index contributed by atoms with van der Waals surface area (Å²) >= 11 is 0. The van der Waals surface area contributed by atoms with Crippen LogP contribution in [0.2, 0.25) is 0 Å². The molecule has 0 fully saturated rings. The van der Waals surface area contributed by atoms with Crippen LogP contribution in [0.25, 0.3) is 0 Å². The largest absolute Gasteiger partial charge is 0.495 e. The predicted octanol–water partition coefficient (Wildman–Crippen LogP) is 0.354. The zero-order valence-electron chi connectivity index (χ0n) is 9.17. The van der Waals surface area contributed by atoms with Crippen molar-refractivity contribution in [2.24, 2.45) is 0 Å². The van der Waals surface area contributed by atoms with E-state index in [0.29, 0.717) is 0 Å². The summed E-state index contributed by atoms with van der Waals surface area (Å²) in [4.78, 5) is 0.0674. The molecule has 5 nitrogen and oxygen atoms in total. The molecule has 0 aliphatic heterocycles. The molecule has 1 aromatic rings. The molecule has 16 heavy (non-hydrogen) atoms. The van der Waals surface area contributed by atoms with Gasteiger partial charge in [0, 0.05) is 6.04 Å². The first-order valence-electron chi connectivity index (χ1n) is 4.77. The molecule has 0 saturated heterocycles. The minimum Gasteiger partial charge on any atom is -0.495 e. The topological polar surface area (TPSA) is 75.6 Å². The Labute approximate surface area is 95.1 Å². The zero-order chi connectivity index (χ0) is 12.2. The van der Waals surface area contributed by atoms with E-state index in [9.17, 15) is 8.42 Å². The van der Waals surface area contributed by atoms with E-state index in [0.717, 1.165) is 0 Å². The lowest BCUT2D eigenvalue weighted by Gasteiger charge is -2.13. The van der Waals surface area contributed by atoms with Crippen LogP contribution >= 0.6 is 0 Å². The Morgan fingerprint density at radius 2 is 2.06 bits per heavy atom. The van der Waals surface area contributed by atoms with Gasteiger partial charge in [0.2, 0.25) is 10.0 Å². The summed E-state index contributed by atoms with van der Waals surface area (Å²) in [6.45, 7) is 1.32. The molecule has 0 amide bonds. The average molecular weight is 245 g/mol. The van der Waals surface area contributed by atoms with Crippen molar-refractivity contribution in [2.75, 3.05) is 13.7 Å². The monoisotopic (exact) mass is 245 g/mol. The molecule has 0 aliphatic carbocycles. The van der Waals surface area contributed by atoms with Crippen LogP contribution in [0, 0.1) is 0 Å². The molecule has 2 N–H and O–H groups in total. The molecule has 1 aromatic carbocycles. The third-order valence-electron chi connectivity index (χ3n) is 1.99. The van der Waals surface area contributed by atoms with Crippen LogP contribution in [-0.2, 0) is 10.0 Å². The number of para-hydroxylation sites is 1. The fourth-order valence-corrected chi connectivity index (χ4v) is 2.61. The van der Waals surface area contributed by atoms with Crippen molar-refractivity contribution in [1.29, 1.82) is 0 Å². The lowest BCUT2D eigenvalue weighted by atomic mass is 10.3. The third kappa shape index (κ3) is 2.94. The number of hydrogen-bond donors (Lipinski definition) is 2. The quantitative estimate of drug-likeness (QED) is 0.785.